The van der Waals surface area contributed by atoms with E-state index in [4.69, 9.17) is 14.4 Å². The molecule has 0 rings (SSSR count). The first kappa shape index (κ1) is 11.2. The van der Waals surface area contributed by atoms with E-state index in [1.165, 1.54) is 0 Å². The van der Waals surface area contributed by atoms with E-state index in [1.807, 2.05) is 0 Å². The van der Waals surface area contributed by atoms with Gasteiger partial charge in [0.1, 0.15) is 0 Å². The maximum absolute atomic E-state index is 7.72. The van der Waals surface area contributed by atoms with Gasteiger partial charge in [0.25, 0.3) is 0 Å². The molecule has 0 saturated heterocycles. The van der Waals surface area contributed by atoms with Crippen LogP contribution in [0.25, 0.3) is 0 Å². The molecule has 0 atom stereocenters. The Labute approximate surface area is 70.1 Å². The van der Waals surface area contributed by atoms with Gasteiger partial charge in [-0.05, 0) is 0 Å². The van der Waals surface area contributed by atoms with Crippen molar-refractivity contribution in [2.24, 2.45) is 0 Å². The van der Waals surface area contributed by atoms with Crippen LogP contribution in [0.5, 0.6) is 0 Å². The molecular weight excluding hydrogens is 151 g/mol. The second-order valence-electron chi connectivity index (χ2n) is 0.651. The van der Waals surface area contributed by atoms with Crippen LogP contribution in [0, 0.1) is 0 Å². The molecule has 0 fully saturated rings. The van der Waals surface area contributed by atoms with E-state index < -0.39 is 9.05 Å². The molecule has 0 aromatic heterocycles. The summed E-state index contributed by atoms with van der Waals surface area (Å²) < 4.78 is 3.22. The fourth-order valence-corrected chi connectivity index (χ4v) is 0. The first-order valence-electron chi connectivity index (χ1n) is 1.03. The number of hydrogen-bond donors (Lipinski definition) is 3. The Morgan fingerprint density at radius 1 is 1.43 bits per heavy atom. The van der Waals surface area contributed by atoms with Crippen molar-refractivity contribution in [1.29, 1.82) is 0 Å². The van der Waals surface area contributed by atoms with Gasteiger partial charge in [-0.2, -0.15) is 0 Å². The van der Waals surface area contributed by atoms with Gasteiger partial charge < -0.3 is 15.8 Å². The molecule has 0 spiro atoms. The zero-order chi connectivity index (χ0) is 5.21. The van der Waals surface area contributed by atoms with E-state index >= 15 is 0 Å². The van der Waals surface area contributed by atoms with Gasteiger partial charge in [0.05, 0.1) is 11.9 Å². The fraction of sp³-hybridized carbons (Fsp3) is 0. The summed E-state index contributed by atoms with van der Waals surface area (Å²) in [5.41, 5.74) is 0. The molecule has 0 aliphatic carbocycles. The van der Waals surface area contributed by atoms with Crippen LogP contribution in [-0.2, 0) is 3.98 Å². The molecule has 7 heavy (non-hydrogen) atoms. The third-order valence-corrected chi connectivity index (χ3v) is 0.932. The largest absolute Gasteiger partial charge is 1.00 e. The molecule has 0 bridgehead atoms. The van der Waals surface area contributed by atoms with Crippen LogP contribution in [-0.4, -0.2) is 23.4 Å². The van der Waals surface area contributed by atoms with Gasteiger partial charge in [0.2, 0.25) is 0 Å². The van der Waals surface area contributed by atoms with Gasteiger partial charge in [-0.1, -0.05) is 0 Å². The summed E-state index contributed by atoms with van der Waals surface area (Å²) in [4.78, 5) is 23.2. The van der Waals surface area contributed by atoms with Crippen LogP contribution < -0.4 is 29.6 Å². The maximum atomic E-state index is 7.72. The number of rotatable bonds is 1. The minimum atomic E-state index is -4.37. The molecule has 7 heteroatoms. The summed E-state index contributed by atoms with van der Waals surface area (Å²) in [6.07, 6.45) is 0. The molecule has 0 heterocycles. The first-order chi connectivity index (χ1) is 2.56. The van der Waals surface area contributed by atoms with Crippen LogP contribution in [0.4, 0.5) is 0 Å². The summed E-state index contributed by atoms with van der Waals surface area (Å²) in [6, 6.07) is 0. The normalized spacial score (nSPS) is 10.3. The molecule has 3 N–H and O–H groups in total. The van der Waals surface area contributed by atoms with Crippen LogP contribution in [0.15, 0.2) is 0 Å². The smallest absolute Gasteiger partial charge is 1.00 e. The van der Waals surface area contributed by atoms with E-state index in [0.717, 1.165) is 0 Å². The maximum Gasteiger partial charge on any atom is 1.00 e. The van der Waals surface area contributed by atoms with Gasteiger partial charge in [-0.25, -0.2) is 3.98 Å². The van der Waals surface area contributed by atoms with E-state index in [2.05, 4.69) is 15.8 Å². The quantitative estimate of drug-likeness (QED) is 0.334. The second-order valence-corrected chi connectivity index (χ2v) is 2.42. The van der Waals surface area contributed by atoms with E-state index in [0.29, 0.717) is 0 Å². The van der Waals surface area contributed by atoms with Crippen LogP contribution in [0.1, 0.15) is 1.43 Å². The first-order valence-corrected chi connectivity index (χ1v) is 3.09. The molecule has 0 aliphatic heterocycles. The van der Waals surface area contributed by atoms with Crippen molar-refractivity contribution in [3.05, 3.63) is 0 Å². The Morgan fingerprint density at radius 3 is 1.57 bits per heavy atom. The summed E-state index contributed by atoms with van der Waals surface area (Å²) >= 11 is 4.29. The third kappa shape index (κ3) is 11.1. The average Bonchev–Trinajstić information content (AvgIpc) is 1.35. The molecule has 0 saturated carbocycles. The second kappa shape index (κ2) is 4.25. The Kier molecular flexibility index (Phi) is 6.79. The van der Waals surface area contributed by atoms with Gasteiger partial charge in [0, 0.05) is 0 Å². The zero-order valence-corrected chi connectivity index (χ0v) is 7.38. The Hall–Kier alpha value is 1.35. The fourth-order valence-electron chi connectivity index (χ4n) is 0. The van der Waals surface area contributed by atoms with Crippen molar-refractivity contribution in [3.8, 4) is 0 Å². The molecule has 0 aliphatic rings. The summed E-state index contributed by atoms with van der Waals surface area (Å²) in [7, 11) is -4.37. The third-order valence-electron chi connectivity index (χ3n) is 0.104. The molecule has 4 nitrogen and oxygen atoms in total. The van der Waals surface area contributed by atoms with Gasteiger partial charge in [-0.15, -0.1) is 0 Å². The SMILES string of the molecule is O[Si](O)(O)OCl.[H-].[Na+]. The monoisotopic (exact) mass is 154 g/mol. The molecule has 0 amide bonds. The standard InChI is InChI=1S/ClH3O4Si.Na.H/c1-5-6(2,3)4;;/h2-4H;;/q;+1;-1. The van der Waals surface area contributed by atoms with Crippen molar-refractivity contribution >= 4 is 20.9 Å². The number of hydrogen-bond acceptors (Lipinski definition) is 4. The van der Waals surface area contributed by atoms with Gasteiger partial charge in [0.15, 0.2) is 0 Å². The van der Waals surface area contributed by atoms with Crippen LogP contribution in [0.3, 0.4) is 0 Å². The van der Waals surface area contributed by atoms with Gasteiger partial charge in [-0.3, -0.25) is 0 Å². The number of halogens is 1. The molecule has 0 radical (unpaired) electrons. The van der Waals surface area contributed by atoms with Crippen molar-refractivity contribution in [3.63, 3.8) is 0 Å². The molecular formula is H4ClNaO4Si. The van der Waals surface area contributed by atoms with E-state index in [9.17, 15) is 0 Å². The summed E-state index contributed by atoms with van der Waals surface area (Å²) in [5, 5.41) is 0. The molecule has 40 valence electrons. The summed E-state index contributed by atoms with van der Waals surface area (Å²) in [6.45, 7) is 0. The van der Waals surface area contributed by atoms with Crippen LogP contribution in [0.2, 0.25) is 0 Å². The Bertz CT molecular complexity index is 45.8. The minimum absolute atomic E-state index is 0. The van der Waals surface area contributed by atoms with Crippen molar-refractivity contribution in [1.82, 2.24) is 0 Å². The van der Waals surface area contributed by atoms with Crippen molar-refractivity contribution in [2.75, 3.05) is 0 Å². The molecule has 0 aromatic rings. The predicted octanol–water partition coefficient (Wildman–Crippen LogP) is -4.31. The van der Waals surface area contributed by atoms with Crippen molar-refractivity contribution < 1.29 is 49.3 Å². The van der Waals surface area contributed by atoms with E-state index in [-0.39, 0.29) is 31.0 Å². The minimum Gasteiger partial charge on any atom is -1.00 e. The molecule has 0 aromatic carbocycles. The average molecular weight is 155 g/mol. The predicted molar refractivity (Wildman–Crippen MR) is 20.5 cm³/mol. The zero-order valence-electron chi connectivity index (χ0n) is 4.63. The van der Waals surface area contributed by atoms with Crippen LogP contribution >= 0.6 is 11.9 Å². The molecule has 0 unspecified atom stereocenters. The topological polar surface area (TPSA) is 69.9 Å². The van der Waals surface area contributed by atoms with Crippen molar-refractivity contribution in [2.45, 2.75) is 0 Å². The summed E-state index contributed by atoms with van der Waals surface area (Å²) in [5.74, 6) is 0. The van der Waals surface area contributed by atoms with Gasteiger partial charge >= 0.3 is 38.6 Å². The Balaban J connectivity index is -0.000000125. The Morgan fingerprint density at radius 2 is 1.57 bits per heavy atom. The van der Waals surface area contributed by atoms with E-state index in [1.54, 1.807) is 0 Å².